The molecule has 5 N–H and O–H groups in total. The molecule has 1 aromatic heterocycles. The van der Waals surface area contributed by atoms with Gasteiger partial charge in [0, 0.05) is 0 Å². The Balaban J connectivity index is 3.44. The standard InChI is InChI=1S/C4H5NO5/c6-1-2(7)4(9)5(10)3(1)8/h6-10H. The van der Waals surface area contributed by atoms with Gasteiger partial charge in [-0.05, 0) is 0 Å². The molecule has 0 amide bonds. The summed E-state index contributed by atoms with van der Waals surface area (Å²) in [6, 6.07) is 0. The summed E-state index contributed by atoms with van der Waals surface area (Å²) >= 11 is 0. The molecular formula is C4H5NO5. The maximum absolute atomic E-state index is 8.57. The van der Waals surface area contributed by atoms with Crippen LogP contribution >= 0.6 is 0 Å². The third-order valence-electron chi connectivity index (χ3n) is 1.05. The first kappa shape index (κ1) is 6.40. The fourth-order valence-electron chi connectivity index (χ4n) is 0.513. The van der Waals surface area contributed by atoms with Crippen LogP contribution in [-0.2, 0) is 0 Å². The van der Waals surface area contributed by atoms with Crippen molar-refractivity contribution in [1.29, 1.82) is 0 Å². The lowest BCUT2D eigenvalue weighted by Gasteiger charge is -1.91. The minimum atomic E-state index is -1.00. The summed E-state index contributed by atoms with van der Waals surface area (Å²) in [5, 5.41) is 42.7. The first-order valence-electron chi connectivity index (χ1n) is 2.29. The Kier molecular flexibility index (Phi) is 1.04. The van der Waals surface area contributed by atoms with Crippen LogP contribution in [0.15, 0.2) is 0 Å². The summed E-state index contributed by atoms with van der Waals surface area (Å²) in [7, 11) is 0. The topological polar surface area (TPSA) is 106 Å². The van der Waals surface area contributed by atoms with Crippen molar-refractivity contribution >= 4 is 0 Å². The molecule has 0 saturated carbocycles. The van der Waals surface area contributed by atoms with E-state index < -0.39 is 23.3 Å². The van der Waals surface area contributed by atoms with Gasteiger partial charge >= 0.3 is 0 Å². The second-order valence-corrected chi connectivity index (χ2v) is 1.66. The summed E-state index contributed by atoms with van der Waals surface area (Å²) in [5.41, 5.74) is 0. The Labute approximate surface area is 54.8 Å². The minimum Gasteiger partial charge on any atom is -0.500 e. The quantitative estimate of drug-likeness (QED) is 0.319. The van der Waals surface area contributed by atoms with Crippen LogP contribution in [0.4, 0.5) is 0 Å². The first-order valence-corrected chi connectivity index (χ1v) is 2.29. The van der Waals surface area contributed by atoms with Crippen LogP contribution in [0.1, 0.15) is 0 Å². The first-order chi connectivity index (χ1) is 4.55. The van der Waals surface area contributed by atoms with Gasteiger partial charge in [0.05, 0.1) is 0 Å². The zero-order valence-electron chi connectivity index (χ0n) is 4.68. The van der Waals surface area contributed by atoms with Crippen molar-refractivity contribution in [3.63, 3.8) is 0 Å². The summed E-state index contributed by atoms with van der Waals surface area (Å²) in [4.78, 5) is 0. The predicted molar refractivity (Wildman–Crippen MR) is 28.3 cm³/mol. The number of hydrogen-bond donors (Lipinski definition) is 5. The van der Waals surface area contributed by atoms with Crippen molar-refractivity contribution in [1.82, 2.24) is 4.73 Å². The van der Waals surface area contributed by atoms with Gasteiger partial charge in [-0.25, -0.2) is 0 Å². The summed E-state index contributed by atoms with van der Waals surface area (Å²) in [6.45, 7) is 0. The molecule has 6 heteroatoms. The molecule has 0 aliphatic heterocycles. The highest BCUT2D eigenvalue weighted by Gasteiger charge is 2.20. The Hall–Kier alpha value is -1.72. The molecule has 0 saturated heterocycles. The number of rotatable bonds is 0. The van der Waals surface area contributed by atoms with Gasteiger partial charge in [0.2, 0.25) is 11.5 Å². The molecule has 1 rings (SSSR count). The Morgan fingerprint density at radius 2 is 1.10 bits per heavy atom. The predicted octanol–water partition coefficient (Wildman–Crippen LogP) is -0.452. The molecule has 0 bridgehead atoms. The Morgan fingerprint density at radius 1 is 0.800 bits per heavy atom. The lowest BCUT2D eigenvalue weighted by molar-refractivity contribution is 0.127. The van der Waals surface area contributed by atoms with Crippen LogP contribution in [0.25, 0.3) is 0 Å². The van der Waals surface area contributed by atoms with E-state index in [1.165, 1.54) is 0 Å². The van der Waals surface area contributed by atoms with E-state index >= 15 is 0 Å². The molecule has 1 aromatic rings. The molecule has 10 heavy (non-hydrogen) atoms. The molecule has 1 heterocycles. The molecule has 6 nitrogen and oxygen atoms in total. The molecule has 0 atom stereocenters. The van der Waals surface area contributed by atoms with Crippen LogP contribution in [-0.4, -0.2) is 30.4 Å². The SMILES string of the molecule is Oc1c(O)c(O)n(O)c1O. The molecule has 0 radical (unpaired) electrons. The number of aromatic nitrogens is 1. The Bertz CT molecular complexity index is 185. The number of nitrogens with zero attached hydrogens (tertiary/aromatic N) is 1. The lowest BCUT2D eigenvalue weighted by Crippen LogP contribution is -1.85. The van der Waals surface area contributed by atoms with Gasteiger partial charge in [0.15, 0.2) is 0 Å². The smallest absolute Gasteiger partial charge is 0.276 e. The summed E-state index contributed by atoms with van der Waals surface area (Å²) in [5.74, 6) is -3.93. The zero-order chi connectivity index (χ0) is 7.89. The molecule has 0 unspecified atom stereocenters. The van der Waals surface area contributed by atoms with Gasteiger partial charge in [-0.3, -0.25) is 0 Å². The van der Waals surface area contributed by atoms with Crippen LogP contribution in [0.2, 0.25) is 0 Å². The van der Waals surface area contributed by atoms with E-state index in [4.69, 9.17) is 25.6 Å². The number of hydrogen-bond acceptors (Lipinski definition) is 5. The average molecular weight is 147 g/mol. The molecule has 0 fully saturated rings. The second-order valence-electron chi connectivity index (χ2n) is 1.66. The van der Waals surface area contributed by atoms with E-state index in [2.05, 4.69) is 0 Å². The van der Waals surface area contributed by atoms with Crippen LogP contribution < -0.4 is 0 Å². The van der Waals surface area contributed by atoms with Crippen molar-refractivity contribution in [2.45, 2.75) is 0 Å². The average Bonchev–Trinajstić information content (AvgIpc) is 2.07. The van der Waals surface area contributed by atoms with Gasteiger partial charge in [0.1, 0.15) is 0 Å². The van der Waals surface area contributed by atoms with Gasteiger partial charge in [-0.1, -0.05) is 0 Å². The highest BCUT2D eigenvalue weighted by Crippen LogP contribution is 2.43. The molecule has 0 aliphatic carbocycles. The van der Waals surface area contributed by atoms with E-state index in [1.54, 1.807) is 0 Å². The zero-order valence-corrected chi connectivity index (χ0v) is 4.68. The second kappa shape index (κ2) is 1.63. The summed E-state index contributed by atoms with van der Waals surface area (Å²) < 4.78 is -0.148. The van der Waals surface area contributed by atoms with Crippen LogP contribution in [0.5, 0.6) is 23.3 Å². The highest BCUT2D eigenvalue weighted by molar-refractivity contribution is 5.53. The molecule has 0 spiro atoms. The molecule has 0 aliphatic rings. The lowest BCUT2D eigenvalue weighted by atomic mass is 10.5. The van der Waals surface area contributed by atoms with Gasteiger partial charge < -0.3 is 25.6 Å². The van der Waals surface area contributed by atoms with Crippen LogP contribution in [0, 0.1) is 0 Å². The van der Waals surface area contributed by atoms with Crippen molar-refractivity contribution in [2.75, 3.05) is 0 Å². The third-order valence-corrected chi connectivity index (χ3v) is 1.05. The monoisotopic (exact) mass is 147 g/mol. The van der Waals surface area contributed by atoms with Crippen molar-refractivity contribution in [3.05, 3.63) is 0 Å². The number of aromatic hydroxyl groups is 4. The largest absolute Gasteiger partial charge is 0.500 e. The van der Waals surface area contributed by atoms with Crippen LogP contribution in [0.3, 0.4) is 0 Å². The third kappa shape index (κ3) is 0.524. The maximum Gasteiger partial charge on any atom is 0.276 e. The highest BCUT2D eigenvalue weighted by atomic mass is 16.5. The van der Waals surface area contributed by atoms with Crippen molar-refractivity contribution in [2.24, 2.45) is 0 Å². The van der Waals surface area contributed by atoms with Gasteiger partial charge in [-0.15, -0.1) is 4.73 Å². The van der Waals surface area contributed by atoms with E-state index in [1.807, 2.05) is 0 Å². The Morgan fingerprint density at radius 3 is 1.20 bits per heavy atom. The normalized spacial score (nSPS) is 10.0. The van der Waals surface area contributed by atoms with Gasteiger partial charge in [-0.2, -0.15) is 0 Å². The fourth-order valence-corrected chi connectivity index (χ4v) is 0.513. The van der Waals surface area contributed by atoms with E-state index in [0.29, 0.717) is 0 Å². The fraction of sp³-hybridized carbons (Fsp3) is 0. The van der Waals surface area contributed by atoms with E-state index in [0.717, 1.165) is 0 Å². The minimum absolute atomic E-state index is 0.148. The molecule has 56 valence electrons. The molecule has 0 aromatic carbocycles. The van der Waals surface area contributed by atoms with Gasteiger partial charge in [0.25, 0.3) is 11.8 Å². The summed E-state index contributed by atoms with van der Waals surface area (Å²) in [6.07, 6.45) is 0. The van der Waals surface area contributed by atoms with E-state index in [9.17, 15) is 0 Å². The van der Waals surface area contributed by atoms with Crippen molar-refractivity contribution in [3.8, 4) is 23.3 Å². The molecular weight excluding hydrogens is 142 g/mol. The van der Waals surface area contributed by atoms with E-state index in [-0.39, 0.29) is 4.73 Å². The van der Waals surface area contributed by atoms with Crippen molar-refractivity contribution < 1.29 is 25.6 Å². The maximum atomic E-state index is 8.57.